The Kier molecular flexibility index (Phi) is 27.9. The summed E-state index contributed by atoms with van der Waals surface area (Å²) in [5.74, 6) is 7.38. The minimum absolute atomic E-state index is 0.00697. The van der Waals surface area contributed by atoms with Crippen LogP contribution in [0.5, 0.6) is 0 Å². The summed E-state index contributed by atoms with van der Waals surface area (Å²) in [4.78, 5) is 126. The summed E-state index contributed by atoms with van der Waals surface area (Å²) in [6.45, 7) is 30.0. The highest BCUT2D eigenvalue weighted by Gasteiger charge is 2.38. The van der Waals surface area contributed by atoms with E-state index in [1.165, 1.54) is 22.3 Å². The molecule has 0 aliphatic carbocycles. The van der Waals surface area contributed by atoms with Crippen molar-refractivity contribution in [3.8, 4) is 33.8 Å². The normalized spacial score (nSPS) is 19.7. The molecule has 24 rings (SSSR count). The zero-order valence-corrected chi connectivity index (χ0v) is 85.6. The van der Waals surface area contributed by atoms with Crippen LogP contribution in [0.25, 0.3) is 78.4 Å². The number of nitrogens with one attached hydrogen (secondary N) is 1. The van der Waals surface area contributed by atoms with Crippen molar-refractivity contribution in [3.63, 3.8) is 0 Å². The SMILES string of the molecule is Brc1ccc2nc3n(c2n1)[C@@H](c1ccccc1)CC3.CC(=O)N1CCN(c2ncc(-c3ccc4nc5n(c4n3)[C@@H](c3ccccc3)CC5)cn2)C[C@H]1C.C[C@@H]1CN(c2ncc(-c3ccc4nc5n(c4n3)[C@@H](c3ccccc3)CC5)cn2)CCN1.C[C@@H]1CN(c2ncc(-c3ccc4nc5n(c4n3)[C@@H](c3ccccc3)CC5)cn2)CCN1C(=O)OC(C)(C)C.C[C@@H]1CN(c2ncc(Br)cn2)CCN1C(=O)OC(C)(C)C. The van der Waals surface area contributed by atoms with Gasteiger partial charge in [0, 0.05) is 202 Å². The number of pyridine rings is 4. The summed E-state index contributed by atoms with van der Waals surface area (Å²) >= 11 is 6.77. The third-order valence-electron chi connectivity index (χ3n) is 27.4. The minimum atomic E-state index is -0.511. The molecule has 0 saturated carbocycles. The number of imidazole rings is 4. The molecule has 4 fully saturated rings. The first-order chi connectivity index (χ1) is 69.2. The van der Waals surface area contributed by atoms with Crippen LogP contribution in [0.2, 0.25) is 0 Å². The van der Waals surface area contributed by atoms with E-state index in [2.05, 4.69) is 260 Å². The third kappa shape index (κ3) is 21.2. The molecule has 35 heteroatoms. The number of nitrogens with zero attached hydrogens (tertiary/aromatic N) is 27. The van der Waals surface area contributed by atoms with Crippen molar-refractivity contribution in [1.29, 1.82) is 0 Å². The molecule has 8 aliphatic heterocycles. The second kappa shape index (κ2) is 41.4. The van der Waals surface area contributed by atoms with Crippen LogP contribution < -0.4 is 24.9 Å². The number of fused-ring (bicyclic) bond motifs is 12. The molecule has 4 aromatic carbocycles. The standard InChI is InChI=1S/C29H33N7O2.C26H27N7O.C24H25N7.C15H12BrN3.C14H21BrN4O2/c1-19-18-34(14-15-35(19)28(37)38-29(2,3)4)27-30-16-21(17-31-27)22-10-11-23-26(33-22)36-24(12-13-25(36)32-23)20-8-6-5-7-9-20;1-17-16-31(12-13-32(17)18(2)34)26-27-14-20(15-28-26)21-8-9-22-25(30-21)33-23(10-11-24(33)29-22)19-6-4-3-5-7-19;1-16-15-30(12-11-25-16)24-26-13-18(14-27-24)19-7-8-20-23(29-19)31-21(9-10-22(31)28-20)17-5-3-2-4-6-17;16-13-8-6-11-15(18-13)19-12(7-9-14(19)17-11)10-4-2-1-3-5-10;1-10-9-18(12-16-7-11(15)8-17-12)5-6-19(10)13(20)21-14(2,3)4/h5-11,16-17,19,24H,12-15,18H2,1-4H3;3-9,14-15,17,23H,10-13,16H2,1-2H3;2-8,13-14,16,21,25H,9-12,15H2,1H3;1-6,8,12H,7,9H2;7-8,10H,5-6,9H2,1-4H3/t19-,24-;17-,23-;16-,21-;12-;10-/m11111/s1. The first-order valence-electron chi connectivity index (χ1n) is 49.5. The summed E-state index contributed by atoms with van der Waals surface area (Å²) in [5.41, 5.74) is 17.0. The van der Waals surface area contributed by atoms with E-state index in [-0.39, 0.29) is 54.3 Å². The molecule has 20 heterocycles. The molecule has 16 aromatic rings. The lowest BCUT2D eigenvalue weighted by atomic mass is 10.0. The lowest BCUT2D eigenvalue weighted by molar-refractivity contribution is -0.131. The number of aryl methyl sites for hydroxylation is 4. The number of rotatable bonds is 11. The van der Waals surface area contributed by atoms with Gasteiger partial charge in [0.15, 0.2) is 22.6 Å². The lowest BCUT2D eigenvalue weighted by Gasteiger charge is -2.40. The Bertz CT molecular complexity index is 7210. The monoisotopic (exact) mass is 2040 g/mol. The average Bonchev–Trinajstić information content (AvgIpc) is 1.61. The molecule has 1 N–H and O–H groups in total. The number of hydrogen-bond donors (Lipinski definition) is 1. The van der Waals surface area contributed by atoms with Gasteiger partial charge in [0.1, 0.15) is 61.2 Å². The zero-order chi connectivity index (χ0) is 98.9. The first kappa shape index (κ1) is 96.3. The topological polar surface area (TPSA) is 330 Å². The molecule has 0 spiro atoms. The van der Waals surface area contributed by atoms with E-state index in [9.17, 15) is 14.4 Å². The van der Waals surface area contributed by atoms with Crippen LogP contribution in [0.15, 0.2) is 229 Å². The summed E-state index contributed by atoms with van der Waals surface area (Å²) in [6.07, 6.45) is 22.2. The number of carbonyl (C=O) groups is 3. The van der Waals surface area contributed by atoms with Crippen molar-refractivity contribution >= 4 is 118 Å². The van der Waals surface area contributed by atoms with Crippen LogP contribution in [0.3, 0.4) is 0 Å². The van der Waals surface area contributed by atoms with Crippen molar-refractivity contribution in [3.05, 3.63) is 274 Å². The predicted octanol–water partition coefficient (Wildman–Crippen LogP) is 18.0. The molecule has 12 aromatic heterocycles. The molecular weight excluding hydrogens is 1930 g/mol. The summed E-state index contributed by atoms with van der Waals surface area (Å²) < 4.78 is 21.9. The van der Waals surface area contributed by atoms with Gasteiger partial charge in [-0.25, -0.2) is 89.3 Å². The third-order valence-corrected chi connectivity index (χ3v) is 28.3. The maximum absolute atomic E-state index is 12.6. The second-order valence-corrected chi connectivity index (χ2v) is 41.5. The lowest BCUT2D eigenvalue weighted by Crippen LogP contribution is -2.55. The Hall–Kier alpha value is -14.2. The number of piperazine rings is 4. The Labute approximate surface area is 847 Å². The Morgan fingerprint density at radius 2 is 0.622 bits per heavy atom. The van der Waals surface area contributed by atoms with Crippen LogP contribution >= 0.6 is 31.9 Å². The molecule has 33 nitrogen and oxygen atoms in total. The summed E-state index contributed by atoms with van der Waals surface area (Å²) in [6, 6.07) is 60.3. The Morgan fingerprint density at radius 3 is 0.916 bits per heavy atom. The van der Waals surface area contributed by atoms with Gasteiger partial charge in [0.25, 0.3) is 0 Å². The second-order valence-electron chi connectivity index (χ2n) is 39.8. The molecule has 143 heavy (non-hydrogen) atoms. The quantitative estimate of drug-likeness (QED) is 0.118. The molecule has 0 radical (unpaired) electrons. The number of halogens is 2. The van der Waals surface area contributed by atoms with Gasteiger partial charge < -0.3 is 67.4 Å². The van der Waals surface area contributed by atoms with Crippen LogP contribution in [0.1, 0.15) is 172 Å². The van der Waals surface area contributed by atoms with Gasteiger partial charge in [-0.1, -0.05) is 121 Å². The maximum Gasteiger partial charge on any atom is 0.410 e. The van der Waals surface area contributed by atoms with E-state index >= 15 is 0 Å². The van der Waals surface area contributed by atoms with Crippen LogP contribution in [-0.2, 0) is 40.0 Å². The van der Waals surface area contributed by atoms with Crippen LogP contribution in [-0.4, -0.2) is 245 Å². The molecule has 3 amide bonds. The van der Waals surface area contributed by atoms with Crippen molar-refractivity contribution in [2.24, 2.45) is 0 Å². The van der Waals surface area contributed by atoms with Gasteiger partial charge in [-0.2, -0.15) is 0 Å². The number of aromatic nitrogens is 20. The Morgan fingerprint density at radius 1 is 0.336 bits per heavy atom. The molecule has 0 unspecified atom stereocenters. The smallest absolute Gasteiger partial charge is 0.410 e. The number of ether oxygens (including phenoxy) is 2. The summed E-state index contributed by atoms with van der Waals surface area (Å²) in [7, 11) is 0. The van der Waals surface area contributed by atoms with Gasteiger partial charge in [-0.3, -0.25) is 4.79 Å². The summed E-state index contributed by atoms with van der Waals surface area (Å²) in [5, 5.41) is 3.45. The first-order valence-corrected chi connectivity index (χ1v) is 51.1. The fourth-order valence-electron chi connectivity index (χ4n) is 20.6. The predicted molar refractivity (Wildman–Crippen MR) is 560 cm³/mol. The zero-order valence-electron chi connectivity index (χ0n) is 82.4. The highest BCUT2D eigenvalue weighted by molar-refractivity contribution is 9.10. The van der Waals surface area contributed by atoms with Crippen molar-refractivity contribution < 1.29 is 23.9 Å². The van der Waals surface area contributed by atoms with Gasteiger partial charge in [-0.15, -0.1) is 0 Å². The van der Waals surface area contributed by atoms with Crippen molar-refractivity contribution in [2.75, 3.05) is 98.1 Å². The molecule has 8 atom stereocenters. The number of hydrogen-bond acceptors (Lipinski definition) is 26. The van der Waals surface area contributed by atoms with Crippen molar-refractivity contribution in [1.82, 2.24) is 118 Å². The largest absolute Gasteiger partial charge is 0.444 e. The van der Waals surface area contributed by atoms with Crippen LogP contribution in [0.4, 0.5) is 33.4 Å². The van der Waals surface area contributed by atoms with Gasteiger partial charge in [0.05, 0.1) is 45.7 Å². The fraction of sp³-hybridized carbons (Fsp3) is 0.380. The molecular formula is C108H118Br2N28O5. The van der Waals surface area contributed by atoms with Gasteiger partial charge >= 0.3 is 12.2 Å². The maximum atomic E-state index is 12.6. The molecule has 8 aliphatic rings. The number of carbonyl (C=O) groups excluding carboxylic acids is 3. The van der Waals surface area contributed by atoms with E-state index in [1.54, 1.807) is 29.1 Å². The van der Waals surface area contributed by atoms with Gasteiger partial charge in [-0.05, 0) is 198 Å². The molecule has 4 saturated heterocycles. The number of anilines is 4. The van der Waals surface area contributed by atoms with E-state index in [0.29, 0.717) is 75.7 Å². The van der Waals surface area contributed by atoms with Crippen molar-refractivity contribution in [2.45, 2.75) is 187 Å². The average molecular weight is 2050 g/mol. The van der Waals surface area contributed by atoms with E-state index in [4.69, 9.17) is 39.4 Å². The number of amides is 3. The molecule has 0 bridgehead atoms. The molecule has 734 valence electrons. The van der Waals surface area contributed by atoms with Gasteiger partial charge in [0.2, 0.25) is 29.7 Å². The number of benzene rings is 4. The highest BCUT2D eigenvalue weighted by atomic mass is 79.9. The highest BCUT2D eigenvalue weighted by Crippen LogP contribution is 2.42. The van der Waals surface area contributed by atoms with E-state index < -0.39 is 11.2 Å². The minimum Gasteiger partial charge on any atom is -0.444 e. The Balaban J connectivity index is 0.000000112. The fourth-order valence-corrected chi connectivity index (χ4v) is 21.1. The van der Waals surface area contributed by atoms with E-state index in [1.807, 2.05) is 146 Å². The van der Waals surface area contributed by atoms with Crippen LogP contribution in [0, 0.1) is 0 Å². The van der Waals surface area contributed by atoms with E-state index in [0.717, 1.165) is 201 Å².